The van der Waals surface area contributed by atoms with Crippen LogP contribution in [0, 0.1) is 5.41 Å². The number of amides is 1. The number of halogens is 2. The second kappa shape index (κ2) is 9.64. The van der Waals surface area contributed by atoms with E-state index in [0.29, 0.717) is 57.1 Å². The monoisotopic (exact) mass is 484 g/mol. The minimum atomic E-state index is -0.443. The molecule has 0 aliphatic carbocycles. The molecule has 1 aromatic carbocycles. The van der Waals surface area contributed by atoms with Crippen LogP contribution in [0.5, 0.6) is 5.75 Å². The predicted octanol–water partition coefficient (Wildman–Crippen LogP) is 3.86. The fraction of sp³-hybridized carbons (Fsp3) is 0.217. The van der Waals surface area contributed by atoms with E-state index in [1.165, 1.54) is 12.4 Å². The summed E-state index contributed by atoms with van der Waals surface area (Å²) in [5, 5.41) is 12.3. The van der Waals surface area contributed by atoms with Gasteiger partial charge in [0.15, 0.2) is 0 Å². The number of piperazine rings is 1. The summed E-state index contributed by atoms with van der Waals surface area (Å²) in [6, 6.07) is 8.72. The van der Waals surface area contributed by atoms with Gasteiger partial charge in [-0.2, -0.15) is 0 Å². The van der Waals surface area contributed by atoms with E-state index >= 15 is 0 Å². The lowest BCUT2D eigenvalue weighted by molar-refractivity contribution is -0.120. The Hall–Kier alpha value is -3.36. The minimum Gasteiger partial charge on any atom is -0.486 e. The molecule has 8 nitrogen and oxygen atoms in total. The minimum absolute atomic E-state index is 0.0342. The number of nitrogens with two attached hydrogens (primary N) is 1. The van der Waals surface area contributed by atoms with E-state index in [0.717, 1.165) is 0 Å². The summed E-state index contributed by atoms with van der Waals surface area (Å²) in [5.41, 5.74) is 8.55. The summed E-state index contributed by atoms with van der Waals surface area (Å²) in [5.74, 6) is 1.17. The Bertz CT molecular complexity index is 1180. The standard InChI is InChI=1S/C23H22Cl2N6O2/c1-13(22-17(24)10-28-11-18(22)25)33-15-3-4-19(26)16(8-15)23(27)14-2-5-20(30-9-14)31-7-6-29-21(32)12-31/h2-5,8-11,13,27H,6-7,12,26H2,1H3,(H,29,32)/t13-/m1/s1. The van der Waals surface area contributed by atoms with Crippen molar-refractivity contribution >= 4 is 46.3 Å². The molecule has 1 atom stereocenters. The second-order valence-electron chi connectivity index (χ2n) is 7.58. The van der Waals surface area contributed by atoms with Gasteiger partial charge in [0.1, 0.15) is 17.7 Å². The molecule has 1 amide bonds. The normalized spacial score (nSPS) is 14.5. The number of anilines is 2. The summed E-state index contributed by atoms with van der Waals surface area (Å²) >= 11 is 12.5. The number of nitrogens with zero attached hydrogens (tertiary/aromatic N) is 3. The van der Waals surface area contributed by atoms with Gasteiger partial charge in [0.05, 0.1) is 22.3 Å². The van der Waals surface area contributed by atoms with Crippen LogP contribution in [-0.4, -0.2) is 41.2 Å². The van der Waals surface area contributed by atoms with Crippen molar-refractivity contribution in [1.82, 2.24) is 15.3 Å². The van der Waals surface area contributed by atoms with E-state index in [1.54, 1.807) is 36.5 Å². The molecule has 0 radical (unpaired) electrons. The Balaban J connectivity index is 1.53. The highest BCUT2D eigenvalue weighted by molar-refractivity contribution is 6.35. The average Bonchev–Trinajstić information content (AvgIpc) is 2.80. The number of ether oxygens (including phenoxy) is 1. The first-order valence-electron chi connectivity index (χ1n) is 10.3. The number of pyridine rings is 2. The zero-order valence-corrected chi connectivity index (χ0v) is 19.3. The summed E-state index contributed by atoms with van der Waals surface area (Å²) in [7, 11) is 0. The quantitative estimate of drug-likeness (QED) is 0.361. The third-order valence-corrected chi connectivity index (χ3v) is 5.91. The number of carbonyl (C=O) groups is 1. The number of benzene rings is 1. The Labute approximate surface area is 201 Å². The van der Waals surface area contributed by atoms with Gasteiger partial charge in [-0.3, -0.25) is 15.2 Å². The highest BCUT2D eigenvalue weighted by atomic mass is 35.5. The number of aromatic nitrogens is 2. The third-order valence-electron chi connectivity index (χ3n) is 5.30. The molecule has 3 aromatic rings. The Kier molecular flexibility index (Phi) is 6.67. The van der Waals surface area contributed by atoms with Gasteiger partial charge in [0.2, 0.25) is 5.91 Å². The first-order chi connectivity index (χ1) is 15.8. The SMILES string of the molecule is C[C@@H](Oc1ccc(N)c(C(=N)c2ccc(N3CCNC(=O)C3)nc2)c1)c1c(Cl)cncc1Cl. The molecule has 2 aromatic heterocycles. The average molecular weight is 485 g/mol. The molecule has 0 saturated carbocycles. The highest BCUT2D eigenvalue weighted by Crippen LogP contribution is 2.33. The zero-order chi connectivity index (χ0) is 23.5. The molecule has 170 valence electrons. The van der Waals surface area contributed by atoms with Crippen molar-refractivity contribution in [2.75, 3.05) is 30.3 Å². The van der Waals surface area contributed by atoms with Crippen LogP contribution in [0.25, 0.3) is 0 Å². The first-order valence-corrected chi connectivity index (χ1v) is 11.0. The maximum Gasteiger partial charge on any atom is 0.239 e. The topological polar surface area (TPSA) is 117 Å². The molecular formula is C23H22Cl2N6O2. The number of nitrogen functional groups attached to an aromatic ring is 1. The smallest absolute Gasteiger partial charge is 0.239 e. The van der Waals surface area contributed by atoms with E-state index in [1.807, 2.05) is 11.8 Å². The molecule has 0 spiro atoms. The lowest BCUT2D eigenvalue weighted by Crippen LogP contribution is -2.48. The fourth-order valence-corrected chi connectivity index (χ4v) is 4.28. The van der Waals surface area contributed by atoms with Crippen molar-refractivity contribution < 1.29 is 9.53 Å². The van der Waals surface area contributed by atoms with Crippen molar-refractivity contribution in [3.05, 3.63) is 75.7 Å². The van der Waals surface area contributed by atoms with Crippen LogP contribution in [0.15, 0.2) is 48.9 Å². The summed E-state index contributed by atoms with van der Waals surface area (Å²) < 4.78 is 6.04. The van der Waals surface area contributed by atoms with Gasteiger partial charge in [-0.25, -0.2) is 4.98 Å². The zero-order valence-electron chi connectivity index (χ0n) is 17.8. The fourth-order valence-electron chi connectivity index (χ4n) is 3.61. The van der Waals surface area contributed by atoms with E-state index in [-0.39, 0.29) is 18.2 Å². The summed E-state index contributed by atoms with van der Waals surface area (Å²) in [6.07, 6.45) is 4.19. The molecule has 4 rings (SSSR count). The third kappa shape index (κ3) is 5.02. The van der Waals surface area contributed by atoms with E-state index in [2.05, 4.69) is 15.3 Å². The second-order valence-corrected chi connectivity index (χ2v) is 8.39. The lowest BCUT2D eigenvalue weighted by Gasteiger charge is -2.27. The van der Waals surface area contributed by atoms with Crippen molar-refractivity contribution in [3.8, 4) is 5.75 Å². The number of nitrogens with one attached hydrogen (secondary N) is 2. The molecule has 33 heavy (non-hydrogen) atoms. The van der Waals surface area contributed by atoms with Crippen LogP contribution in [0.1, 0.15) is 29.7 Å². The lowest BCUT2D eigenvalue weighted by atomic mass is 10.0. The molecule has 1 fully saturated rings. The molecule has 1 saturated heterocycles. The van der Waals surface area contributed by atoms with Gasteiger partial charge in [-0.15, -0.1) is 0 Å². The molecule has 0 bridgehead atoms. The molecule has 10 heteroatoms. The van der Waals surface area contributed by atoms with Crippen molar-refractivity contribution in [2.24, 2.45) is 0 Å². The molecule has 1 aliphatic heterocycles. The van der Waals surface area contributed by atoms with Gasteiger partial charge in [-0.1, -0.05) is 23.2 Å². The van der Waals surface area contributed by atoms with Crippen LogP contribution in [0.3, 0.4) is 0 Å². The maximum absolute atomic E-state index is 11.6. The number of hydrogen-bond donors (Lipinski definition) is 3. The Morgan fingerprint density at radius 2 is 1.97 bits per heavy atom. The van der Waals surface area contributed by atoms with E-state index in [9.17, 15) is 4.79 Å². The predicted molar refractivity (Wildman–Crippen MR) is 130 cm³/mol. The van der Waals surface area contributed by atoms with Gasteiger partial charge in [-0.05, 0) is 37.3 Å². The summed E-state index contributed by atoms with van der Waals surface area (Å²) in [6.45, 7) is 3.36. The van der Waals surface area contributed by atoms with Gasteiger partial charge in [0.25, 0.3) is 0 Å². The van der Waals surface area contributed by atoms with Crippen LogP contribution in [0.4, 0.5) is 11.5 Å². The summed E-state index contributed by atoms with van der Waals surface area (Å²) in [4.78, 5) is 21.9. The van der Waals surface area contributed by atoms with E-state index in [4.69, 9.17) is 39.1 Å². The van der Waals surface area contributed by atoms with Gasteiger partial charge < -0.3 is 20.7 Å². The van der Waals surface area contributed by atoms with Crippen molar-refractivity contribution in [3.63, 3.8) is 0 Å². The van der Waals surface area contributed by atoms with Crippen LogP contribution < -0.4 is 20.7 Å². The highest BCUT2D eigenvalue weighted by Gasteiger charge is 2.19. The largest absolute Gasteiger partial charge is 0.486 e. The Morgan fingerprint density at radius 3 is 2.64 bits per heavy atom. The van der Waals surface area contributed by atoms with Gasteiger partial charge in [0, 0.05) is 54.1 Å². The van der Waals surface area contributed by atoms with Crippen LogP contribution in [0.2, 0.25) is 10.0 Å². The van der Waals surface area contributed by atoms with Crippen molar-refractivity contribution in [1.29, 1.82) is 5.41 Å². The van der Waals surface area contributed by atoms with Crippen LogP contribution in [-0.2, 0) is 4.79 Å². The van der Waals surface area contributed by atoms with Gasteiger partial charge >= 0.3 is 0 Å². The molecule has 1 aliphatic rings. The van der Waals surface area contributed by atoms with Crippen molar-refractivity contribution in [2.45, 2.75) is 13.0 Å². The molecule has 0 unspecified atom stereocenters. The maximum atomic E-state index is 11.6. The number of hydrogen-bond acceptors (Lipinski definition) is 7. The van der Waals surface area contributed by atoms with E-state index < -0.39 is 6.10 Å². The number of carbonyl (C=O) groups excluding carboxylic acids is 1. The first kappa shape index (κ1) is 22.8. The molecule has 4 N–H and O–H groups in total. The van der Waals surface area contributed by atoms with Crippen LogP contribution >= 0.6 is 23.2 Å². The Morgan fingerprint density at radius 1 is 1.21 bits per heavy atom. The number of rotatable bonds is 6. The molecular weight excluding hydrogens is 463 g/mol. The molecule has 3 heterocycles.